The molecule has 6 nitrogen and oxygen atoms in total. The van der Waals surface area contributed by atoms with Crippen molar-refractivity contribution in [2.45, 2.75) is 12.9 Å². The second kappa shape index (κ2) is 9.04. The Hall–Kier alpha value is -2.94. The van der Waals surface area contributed by atoms with Crippen LogP contribution in [0.15, 0.2) is 42.5 Å². The molecule has 1 aliphatic rings. The highest BCUT2D eigenvalue weighted by Crippen LogP contribution is 2.30. The summed E-state index contributed by atoms with van der Waals surface area (Å²) in [5.74, 6) is 0.0737. The number of halogens is 3. The molecule has 0 aromatic heterocycles. The Bertz CT molecular complexity index is 858. The maximum absolute atomic E-state index is 12.5. The van der Waals surface area contributed by atoms with Crippen LogP contribution in [0.2, 0.25) is 0 Å². The molecule has 3 rings (SSSR count). The number of nitrogens with zero attached hydrogens (tertiary/aromatic N) is 1. The van der Waals surface area contributed by atoms with Gasteiger partial charge in [-0.25, -0.2) is 0 Å². The number of carbonyl (C=O) groups excluding carboxylic acids is 1. The van der Waals surface area contributed by atoms with E-state index in [4.69, 9.17) is 9.47 Å². The molecular weight excluding hydrogens is 389 g/mol. The van der Waals surface area contributed by atoms with Gasteiger partial charge in [-0.2, -0.15) is 0 Å². The van der Waals surface area contributed by atoms with Gasteiger partial charge in [-0.1, -0.05) is 12.1 Å². The van der Waals surface area contributed by atoms with E-state index in [1.54, 1.807) is 31.4 Å². The molecule has 0 atom stereocenters. The average molecular weight is 410 g/mol. The lowest BCUT2D eigenvalue weighted by atomic mass is 10.1. The van der Waals surface area contributed by atoms with Crippen molar-refractivity contribution >= 4 is 11.6 Å². The number of carbonyl (C=O) groups is 1. The fraction of sp³-hybridized carbons (Fsp3) is 0.350. The third-order valence-electron chi connectivity index (χ3n) is 4.32. The van der Waals surface area contributed by atoms with E-state index in [1.807, 2.05) is 4.90 Å². The first-order chi connectivity index (χ1) is 13.9. The summed E-state index contributed by atoms with van der Waals surface area (Å²) >= 11 is 0. The van der Waals surface area contributed by atoms with Gasteiger partial charge in [0.25, 0.3) is 5.91 Å². The Labute approximate surface area is 166 Å². The van der Waals surface area contributed by atoms with Crippen LogP contribution in [-0.2, 0) is 11.3 Å². The van der Waals surface area contributed by atoms with Gasteiger partial charge in [0.05, 0.1) is 13.2 Å². The van der Waals surface area contributed by atoms with Crippen LogP contribution in [0.1, 0.15) is 15.9 Å². The number of benzene rings is 2. The lowest BCUT2D eigenvalue weighted by molar-refractivity contribution is -0.274. The van der Waals surface area contributed by atoms with Crippen molar-refractivity contribution in [2.75, 3.05) is 38.3 Å². The Morgan fingerprint density at radius 1 is 1.24 bits per heavy atom. The topological polar surface area (TPSA) is 60.0 Å². The molecule has 1 heterocycles. The predicted molar refractivity (Wildman–Crippen MR) is 100 cm³/mol. The summed E-state index contributed by atoms with van der Waals surface area (Å²) in [4.78, 5) is 14.1. The number of nitrogens with one attached hydrogen (secondary N) is 1. The van der Waals surface area contributed by atoms with E-state index in [9.17, 15) is 18.0 Å². The number of rotatable bonds is 6. The normalized spacial score (nSPS) is 13.9. The minimum atomic E-state index is -4.74. The average Bonchev–Trinajstić information content (AvgIpc) is 2.89. The molecule has 1 amide bonds. The largest absolute Gasteiger partial charge is 0.573 e. The minimum absolute atomic E-state index is 0.230. The summed E-state index contributed by atoms with van der Waals surface area (Å²) in [6.45, 7) is 2.04. The number of ether oxygens (including phenoxy) is 3. The monoisotopic (exact) mass is 410 g/mol. The third-order valence-corrected chi connectivity index (χ3v) is 4.32. The van der Waals surface area contributed by atoms with Crippen molar-refractivity contribution in [1.29, 1.82) is 0 Å². The van der Waals surface area contributed by atoms with Crippen molar-refractivity contribution in [3.05, 3.63) is 53.6 Å². The van der Waals surface area contributed by atoms with Crippen LogP contribution in [0.3, 0.4) is 0 Å². The van der Waals surface area contributed by atoms with Crippen molar-refractivity contribution < 1.29 is 32.2 Å². The molecule has 0 unspecified atom stereocenters. The summed E-state index contributed by atoms with van der Waals surface area (Å²) < 4.78 is 52.1. The SMILES string of the molecule is COCCNC(=O)c1ccc2c(c1)OCCN(c1cccc(OC(F)(F)F)c1)C2. The quantitative estimate of drug-likeness (QED) is 0.740. The number of hydrogen-bond donors (Lipinski definition) is 1. The Kier molecular flexibility index (Phi) is 6.48. The van der Waals surface area contributed by atoms with E-state index in [0.717, 1.165) is 5.56 Å². The Balaban J connectivity index is 1.74. The fourth-order valence-corrected chi connectivity index (χ4v) is 2.98. The zero-order chi connectivity index (χ0) is 20.9. The van der Waals surface area contributed by atoms with Gasteiger partial charge in [0.15, 0.2) is 0 Å². The van der Waals surface area contributed by atoms with E-state index in [1.165, 1.54) is 18.2 Å². The fourth-order valence-electron chi connectivity index (χ4n) is 2.98. The van der Waals surface area contributed by atoms with Gasteiger partial charge >= 0.3 is 6.36 Å². The number of alkyl halides is 3. The maximum atomic E-state index is 12.5. The Morgan fingerprint density at radius 3 is 2.83 bits per heavy atom. The first-order valence-corrected chi connectivity index (χ1v) is 8.99. The summed E-state index contributed by atoms with van der Waals surface area (Å²) in [6, 6.07) is 11.0. The van der Waals surface area contributed by atoms with Crippen molar-refractivity contribution in [2.24, 2.45) is 0 Å². The standard InChI is InChI=1S/C20H21F3N2O4/c1-27-9-7-24-19(26)14-5-6-15-13-25(8-10-28-18(15)11-14)16-3-2-4-17(12-16)29-20(21,22)23/h2-6,11-12H,7-10,13H2,1H3,(H,24,26). The molecule has 156 valence electrons. The number of fused-ring (bicyclic) bond motifs is 1. The van der Waals surface area contributed by atoms with Crippen molar-refractivity contribution in [3.8, 4) is 11.5 Å². The van der Waals surface area contributed by atoms with Crippen LogP contribution in [0.5, 0.6) is 11.5 Å². The number of amides is 1. The van der Waals surface area contributed by atoms with Crippen LogP contribution in [0.4, 0.5) is 18.9 Å². The minimum Gasteiger partial charge on any atom is -0.491 e. The molecule has 0 bridgehead atoms. The molecule has 29 heavy (non-hydrogen) atoms. The third kappa shape index (κ3) is 5.77. The number of hydrogen-bond acceptors (Lipinski definition) is 5. The van der Waals surface area contributed by atoms with Gasteiger partial charge in [0.2, 0.25) is 0 Å². The van der Waals surface area contributed by atoms with E-state index >= 15 is 0 Å². The Morgan fingerprint density at radius 2 is 2.07 bits per heavy atom. The van der Waals surface area contributed by atoms with Crippen LogP contribution >= 0.6 is 0 Å². The van der Waals surface area contributed by atoms with Crippen molar-refractivity contribution in [3.63, 3.8) is 0 Å². The van der Waals surface area contributed by atoms with E-state index < -0.39 is 6.36 Å². The molecule has 9 heteroatoms. The summed E-state index contributed by atoms with van der Waals surface area (Å²) in [6.07, 6.45) is -4.74. The van der Waals surface area contributed by atoms with Gasteiger partial charge in [-0.3, -0.25) is 4.79 Å². The first kappa shape index (κ1) is 20.8. The van der Waals surface area contributed by atoms with Gasteiger partial charge in [0.1, 0.15) is 18.1 Å². The number of methoxy groups -OCH3 is 1. The molecular formula is C20H21F3N2O4. The molecule has 0 fully saturated rings. The highest BCUT2D eigenvalue weighted by molar-refractivity contribution is 5.94. The van der Waals surface area contributed by atoms with Gasteiger partial charge < -0.3 is 24.4 Å². The molecule has 1 aliphatic heterocycles. The highest BCUT2D eigenvalue weighted by atomic mass is 19.4. The second-order valence-corrected chi connectivity index (χ2v) is 6.39. The lowest BCUT2D eigenvalue weighted by Crippen LogP contribution is -2.27. The van der Waals surface area contributed by atoms with Gasteiger partial charge in [-0.15, -0.1) is 13.2 Å². The van der Waals surface area contributed by atoms with Crippen LogP contribution in [0, 0.1) is 0 Å². The van der Waals surface area contributed by atoms with E-state index in [2.05, 4.69) is 10.1 Å². The smallest absolute Gasteiger partial charge is 0.491 e. The van der Waals surface area contributed by atoms with E-state index in [0.29, 0.717) is 49.8 Å². The van der Waals surface area contributed by atoms with Gasteiger partial charge in [0, 0.05) is 43.1 Å². The number of anilines is 1. The highest BCUT2D eigenvalue weighted by Gasteiger charge is 2.31. The summed E-state index contributed by atoms with van der Waals surface area (Å²) in [5.41, 5.74) is 1.89. The van der Waals surface area contributed by atoms with Gasteiger partial charge in [-0.05, 0) is 24.3 Å². The molecule has 1 N–H and O–H groups in total. The molecule has 0 radical (unpaired) electrons. The first-order valence-electron chi connectivity index (χ1n) is 8.99. The van der Waals surface area contributed by atoms with Crippen LogP contribution in [-0.4, -0.2) is 45.7 Å². The van der Waals surface area contributed by atoms with Crippen LogP contribution in [0.25, 0.3) is 0 Å². The molecule has 2 aromatic carbocycles. The predicted octanol–water partition coefficient (Wildman–Crippen LogP) is 3.36. The second-order valence-electron chi connectivity index (χ2n) is 6.39. The summed E-state index contributed by atoms with van der Waals surface area (Å²) in [5, 5.41) is 2.75. The molecule has 0 spiro atoms. The molecule has 0 aliphatic carbocycles. The van der Waals surface area contributed by atoms with E-state index in [-0.39, 0.29) is 11.7 Å². The van der Waals surface area contributed by atoms with Crippen molar-refractivity contribution in [1.82, 2.24) is 5.32 Å². The molecule has 0 saturated carbocycles. The molecule has 0 saturated heterocycles. The lowest BCUT2D eigenvalue weighted by Gasteiger charge is -2.23. The van der Waals surface area contributed by atoms with Crippen LogP contribution < -0.4 is 19.7 Å². The zero-order valence-electron chi connectivity index (χ0n) is 15.8. The zero-order valence-corrected chi connectivity index (χ0v) is 15.8. The maximum Gasteiger partial charge on any atom is 0.573 e. The molecule has 2 aromatic rings. The summed E-state index contributed by atoms with van der Waals surface area (Å²) in [7, 11) is 1.55.